The lowest BCUT2D eigenvalue weighted by molar-refractivity contribution is -0.153. The topological polar surface area (TPSA) is 132 Å². The molecule has 13 heteroatoms. The van der Waals surface area contributed by atoms with Gasteiger partial charge in [0.05, 0.1) is 26.1 Å². The van der Waals surface area contributed by atoms with Crippen molar-refractivity contribution in [2.24, 2.45) is 17.4 Å². The number of carboxylic acids is 1. The highest BCUT2D eigenvalue weighted by Crippen LogP contribution is 2.37. The Morgan fingerprint density at radius 2 is 1.90 bits per heavy atom. The van der Waals surface area contributed by atoms with E-state index in [1.807, 2.05) is 0 Å². The van der Waals surface area contributed by atoms with Gasteiger partial charge in [-0.2, -0.15) is 13.2 Å². The van der Waals surface area contributed by atoms with Crippen LogP contribution in [0, 0.1) is 5.92 Å². The summed E-state index contributed by atoms with van der Waals surface area (Å²) in [6.45, 7) is -0.324. The Labute approximate surface area is 168 Å². The van der Waals surface area contributed by atoms with Crippen LogP contribution in [-0.2, 0) is 4.79 Å². The first kappa shape index (κ1) is 23.6. The molecule has 1 aromatic heterocycles. The molecule has 1 aliphatic heterocycles. The molecule has 2 heterocycles. The van der Waals surface area contributed by atoms with E-state index < -0.39 is 36.4 Å². The molecular weight excluding hydrogens is 419 g/mol. The fourth-order valence-corrected chi connectivity index (χ4v) is 2.40. The highest BCUT2D eigenvalue weighted by atomic mass is 19.4. The van der Waals surface area contributed by atoms with Crippen LogP contribution in [0.2, 0.25) is 0 Å². The number of alkyl halides is 5. The summed E-state index contributed by atoms with van der Waals surface area (Å²) in [4.78, 5) is 26.2. The molecule has 0 bridgehead atoms. The number of carbonyl (C=O) groups is 2. The van der Waals surface area contributed by atoms with Crippen molar-refractivity contribution in [1.82, 2.24) is 4.98 Å². The van der Waals surface area contributed by atoms with Gasteiger partial charge in [0.15, 0.2) is 5.69 Å². The molecule has 8 nitrogen and oxygen atoms in total. The minimum Gasteiger partial charge on any atom is -0.477 e. The van der Waals surface area contributed by atoms with E-state index in [2.05, 4.69) is 16.5 Å². The van der Waals surface area contributed by atoms with Gasteiger partial charge in [0.2, 0.25) is 11.8 Å². The molecule has 1 aliphatic carbocycles. The van der Waals surface area contributed by atoms with Crippen LogP contribution in [0.3, 0.4) is 0 Å². The van der Waals surface area contributed by atoms with Crippen molar-refractivity contribution in [3.8, 4) is 5.88 Å². The Hall–Kier alpha value is -2.70. The zero-order valence-electron chi connectivity index (χ0n) is 15.7. The van der Waals surface area contributed by atoms with Gasteiger partial charge in [-0.05, 0) is 30.9 Å². The molecule has 2 fully saturated rings. The molecule has 2 aliphatic rings. The smallest absolute Gasteiger partial charge is 0.404 e. The average Bonchev–Trinajstić information content (AvgIpc) is 3.41. The number of nitrogens with zero attached hydrogens (tertiary/aromatic N) is 2. The summed E-state index contributed by atoms with van der Waals surface area (Å²) in [6.07, 6.45) is -3.23. The predicted octanol–water partition coefficient (Wildman–Crippen LogP) is 1.78. The summed E-state index contributed by atoms with van der Waals surface area (Å²) in [7, 11) is 0. The van der Waals surface area contributed by atoms with Crippen LogP contribution in [0.4, 0.5) is 27.6 Å². The van der Waals surface area contributed by atoms with Crippen molar-refractivity contribution in [1.29, 1.82) is 0 Å². The summed E-state index contributed by atoms with van der Waals surface area (Å²) in [5.74, 6) is -4.31. The van der Waals surface area contributed by atoms with Gasteiger partial charge in [0.25, 0.3) is 5.92 Å². The van der Waals surface area contributed by atoms with Crippen LogP contribution >= 0.6 is 0 Å². The van der Waals surface area contributed by atoms with Gasteiger partial charge in [-0.25, -0.2) is 18.6 Å². The molecule has 1 atom stereocenters. The number of hydrogen-bond donors (Lipinski definition) is 3. The van der Waals surface area contributed by atoms with Gasteiger partial charge >= 0.3 is 12.1 Å². The Balaban J connectivity index is 0.000000274. The number of hydrogen-bond acceptors (Lipinski definition) is 6. The summed E-state index contributed by atoms with van der Waals surface area (Å²) in [5.41, 5.74) is 9.28. The summed E-state index contributed by atoms with van der Waals surface area (Å²) >= 11 is 0. The van der Waals surface area contributed by atoms with E-state index in [0.717, 1.165) is 12.8 Å². The Kier molecular flexibility index (Phi) is 7.06. The number of carbonyl (C=O) groups excluding carboxylic acids is 1. The van der Waals surface area contributed by atoms with Crippen LogP contribution in [0.1, 0.15) is 29.8 Å². The van der Waals surface area contributed by atoms with Crippen LogP contribution in [-0.4, -0.2) is 59.8 Å². The van der Waals surface area contributed by atoms with E-state index in [1.165, 1.54) is 17.0 Å². The second kappa shape index (κ2) is 8.98. The first-order valence-corrected chi connectivity index (χ1v) is 8.89. The number of rotatable bonds is 7. The number of primary amides is 1. The van der Waals surface area contributed by atoms with Crippen LogP contribution < -0.4 is 21.1 Å². The van der Waals surface area contributed by atoms with Crippen molar-refractivity contribution < 1.29 is 41.4 Å². The maximum absolute atomic E-state index is 12.9. The third kappa shape index (κ3) is 6.97. The Morgan fingerprint density at radius 3 is 2.30 bits per heavy atom. The number of pyridine rings is 1. The molecular formula is C17H21F5N4O4. The largest absolute Gasteiger partial charge is 0.477 e. The minimum atomic E-state index is -4.53. The van der Waals surface area contributed by atoms with Crippen LogP contribution in [0.15, 0.2) is 12.1 Å². The first-order chi connectivity index (χ1) is 13.8. The number of anilines is 1. The maximum atomic E-state index is 12.9. The molecule has 1 saturated heterocycles. The lowest BCUT2D eigenvalue weighted by Gasteiger charge is -2.40. The number of amides is 1. The van der Waals surface area contributed by atoms with E-state index >= 15 is 0 Å². The third-order valence-corrected chi connectivity index (χ3v) is 4.24. The van der Waals surface area contributed by atoms with E-state index in [-0.39, 0.29) is 24.7 Å². The third-order valence-electron chi connectivity index (χ3n) is 4.24. The highest BCUT2D eigenvalue weighted by Gasteiger charge is 2.45. The number of carboxylic acid groups (broad SMARTS) is 1. The van der Waals surface area contributed by atoms with Crippen molar-refractivity contribution in [3.05, 3.63) is 17.8 Å². The second-order valence-electron chi connectivity index (χ2n) is 7.11. The Morgan fingerprint density at radius 1 is 1.30 bits per heavy atom. The van der Waals surface area contributed by atoms with Gasteiger partial charge < -0.3 is 26.2 Å². The van der Waals surface area contributed by atoms with E-state index in [1.54, 1.807) is 0 Å². The van der Waals surface area contributed by atoms with E-state index in [9.17, 15) is 31.5 Å². The summed E-state index contributed by atoms with van der Waals surface area (Å²) < 4.78 is 65.8. The van der Waals surface area contributed by atoms with Gasteiger partial charge in [0, 0.05) is 0 Å². The van der Waals surface area contributed by atoms with Crippen molar-refractivity contribution in [3.63, 3.8) is 0 Å². The number of aromatic carboxylic acids is 1. The first-order valence-electron chi connectivity index (χ1n) is 8.89. The lowest BCUT2D eigenvalue weighted by atomic mass is 10.1. The summed E-state index contributed by atoms with van der Waals surface area (Å²) in [5, 5.41) is 8.93. The molecule has 5 N–H and O–H groups in total. The number of ether oxygens (including phenoxy) is 1. The zero-order valence-corrected chi connectivity index (χ0v) is 15.7. The molecule has 168 valence electrons. The number of aromatic nitrogens is 1. The SMILES string of the molecule is NC(=O)CC(N)C(F)(F)F.O=C(O)c1ccc(N2CC(F)(F)C2)c(OCC2CC2)n1. The molecule has 0 aromatic carbocycles. The van der Waals surface area contributed by atoms with Crippen molar-refractivity contribution >= 4 is 17.6 Å². The summed E-state index contributed by atoms with van der Waals surface area (Å²) in [6, 6.07) is 0.650. The van der Waals surface area contributed by atoms with E-state index in [4.69, 9.17) is 9.84 Å². The average molecular weight is 440 g/mol. The second-order valence-corrected chi connectivity index (χ2v) is 7.11. The minimum absolute atomic E-state index is 0.132. The number of halogens is 5. The highest BCUT2D eigenvalue weighted by molar-refractivity contribution is 5.86. The quantitative estimate of drug-likeness (QED) is 0.551. The predicted molar refractivity (Wildman–Crippen MR) is 94.4 cm³/mol. The normalized spacial score (nSPS) is 18.5. The van der Waals surface area contributed by atoms with Gasteiger partial charge in [-0.3, -0.25) is 4.79 Å². The number of nitrogens with two attached hydrogens (primary N) is 2. The fourth-order valence-electron chi connectivity index (χ4n) is 2.40. The van der Waals surface area contributed by atoms with Gasteiger partial charge in [-0.1, -0.05) is 0 Å². The van der Waals surface area contributed by atoms with Crippen molar-refractivity contribution in [2.45, 2.75) is 37.4 Å². The molecule has 30 heavy (non-hydrogen) atoms. The maximum Gasteiger partial charge on any atom is 0.404 e. The van der Waals surface area contributed by atoms with Crippen LogP contribution in [0.25, 0.3) is 0 Å². The van der Waals surface area contributed by atoms with Gasteiger partial charge in [-0.15, -0.1) is 0 Å². The molecule has 1 amide bonds. The molecule has 1 aromatic rings. The van der Waals surface area contributed by atoms with E-state index in [0.29, 0.717) is 18.2 Å². The van der Waals surface area contributed by atoms with Gasteiger partial charge in [0.1, 0.15) is 11.7 Å². The van der Waals surface area contributed by atoms with Crippen molar-refractivity contribution in [2.75, 3.05) is 24.6 Å². The lowest BCUT2D eigenvalue weighted by Crippen LogP contribution is -2.56. The zero-order chi connectivity index (χ0) is 22.7. The standard InChI is InChI=1S/C13H14F2N2O3.C4H7F3N2O/c14-13(15)6-17(7-13)10-4-3-9(12(18)19)16-11(10)20-5-8-1-2-8;5-4(6,7)2(8)1-3(9)10/h3-4,8H,1-2,5-7H2,(H,18,19);2H,1,8H2,(H2,9,10). The molecule has 0 radical (unpaired) electrons. The molecule has 1 unspecified atom stereocenters. The monoisotopic (exact) mass is 440 g/mol. The fraction of sp³-hybridized carbons (Fsp3) is 0.588. The van der Waals surface area contributed by atoms with Crippen LogP contribution in [0.5, 0.6) is 5.88 Å². The molecule has 1 saturated carbocycles. The molecule has 0 spiro atoms. The Bertz CT molecular complexity index is 778. The molecule has 3 rings (SSSR count).